The molecule has 26 heavy (non-hydrogen) atoms. The lowest BCUT2D eigenvalue weighted by molar-refractivity contribution is 0.302. The molecular formula is C21H23N3O2. The van der Waals surface area contributed by atoms with E-state index in [4.69, 9.17) is 20.9 Å². The number of benzene rings is 2. The third-order valence-electron chi connectivity index (χ3n) is 4.48. The van der Waals surface area contributed by atoms with E-state index in [0.29, 0.717) is 23.6 Å². The lowest BCUT2D eigenvalue weighted by atomic mass is 9.83. The fourth-order valence-electron chi connectivity index (χ4n) is 3.18. The Morgan fingerprint density at radius 1 is 1.12 bits per heavy atom. The van der Waals surface area contributed by atoms with E-state index >= 15 is 0 Å². The standard InChI is InChI=1S/C21H23N3O2/c1-2-3-6-11-25-18-8-5-4-7-15(18)20-16-10-9-14(23)12-19(16)26-21(24)17(20)13-22/h4-5,7-10,12,20H,2-3,6,11,23-24H2,1H3/t20-/m0/s1. The normalized spacial score (nSPS) is 15.8. The van der Waals surface area contributed by atoms with Gasteiger partial charge in [-0.15, -0.1) is 0 Å². The molecule has 1 atom stereocenters. The number of fused-ring (bicyclic) bond motifs is 1. The molecule has 0 saturated heterocycles. The van der Waals surface area contributed by atoms with Gasteiger partial charge in [-0.2, -0.15) is 5.26 Å². The van der Waals surface area contributed by atoms with E-state index in [0.717, 1.165) is 36.1 Å². The van der Waals surface area contributed by atoms with Gasteiger partial charge in [0.05, 0.1) is 12.5 Å². The highest BCUT2D eigenvalue weighted by molar-refractivity contribution is 5.61. The molecule has 0 fully saturated rings. The predicted octanol–water partition coefficient (Wildman–Crippen LogP) is 4.06. The Balaban J connectivity index is 2.04. The van der Waals surface area contributed by atoms with Crippen molar-refractivity contribution < 1.29 is 9.47 Å². The molecule has 0 aliphatic carbocycles. The molecule has 0 unspecified atom stereocenters. The second-order valence-corrected chi connectivity index (χ2v) is 6.32. The van der Waals surface area contributed by atoms with E-state index in [1.807, 2.05) is 30.3 Å². The monoisotopic (exact) mass is 349 g/mol. The van der Waals surface area contributed by atoms with Crippen LogP contribution in [-0.4, -0.2) is 6.61 Å². The van der Waals surface area contributed by atoms with Gasteiger partial charge in [-0.25, -0.2) is 0 Å². The number of nitriles is 1. The van der Waals surface area contributed by atoms with E-state index in [1.165, 1.54) is 0 Å². The van der Waals surface area contributed by atoms with Crippen molar-refractivity contribution in [2.75, 3.05) is 12.3 Å². The number of hydrogen-bond donors (Lipinski definition) is 2. The number of nitrogen functional groups attached to an aromatic ring is 1. The average Bonchev–Trinajstić information content (AvgIpc) is 2.64. The van der Waals surface area contributed by atoms with Crippen LogP contribution in [0.4, 0.5) is 5.69 Å². The van der Waals surface area contributed by atoms with Crippen molar-refractivity contribution in [1.82, 2.24) is 0 Å². The van der Waals surface area contributed by atoms with Crippen LogP contribution in [0.5, 0.6) is 11.5 Å². The van der Waals surface area contributed by atoms with E-state index in [-0.39, 0.29) is 11.8 Å². The van der Waals surface area contributed by atoms with Gasteiger partial charge in [-0.3, -0.25) is 0 Å². The van der Waals surface area contributed by atoms with Gasteiger partial charge in [0.25, 0.3) is 0 Å². The summed E-state index contributed by atoms with van der Waals surface area (Å²) >= 11 is 0. The first-order valence-electron chi connectivity index (χ1n) is 8.84. The molecule has 0 bridgehead atoms. The highest BCUT2D eigenvalue weighted by atomic mass is 16.5. The van der Waals surface area contributed by atoms with Gasteiger partial charge in [0.15, 0.2) is 0 Å². The van der Waals surface area contributed by atoms with Gasteiger partial charge in [0.2, 0.25) is 5.88 Å². The zero-order valence-corrected chi connectivity index (χ0v) is 14.9. The summed E-state index contributed by atoms with van der Waals surface area (Å²) in [7, 11) is 0. The van der Waals surface area contributed by atoms with Crippen LogP contribution in [0.3, 0.4) is 0 Å². The van der Waals surface area contributed by atoms with Crippen molar-refractivity contribution >= 4 is 5.69 Å². The van der Waals surface area contributed by atoms with Crippen molar-refractivity contribution in [3.63, 3.8) is 0 Å². The molecule has 1 aliphatic heterocycles. The molecule has 5 nitrogen and oxygen atoms in total. The Bertz CT molecular complexity index is 868. The van der Waals surface area contributed by atoms with Gasteiger partial charge < -0.3 is 20.9 Å². The molecule has 0 spiro atoms. The molecule has 4 N–H and O–H groups in total. The van der Waals surface area contributed by atoms with E-state index in [9.17, 15) is 5.26 Å². The summed E-state index contributed by atoms with van der Waals surface area (Å²) in [6.45, 7) is 2.80. The van der Waals surface area contributed by atoms with Crippen LogP contribution in [0.15, 0.2) is 53.9 Å². The molecule has 3 rings (SSSR count). The minimum Gasteiger partial charge on any atom is -0.493 e. The lowest BCUT2D eigenvalue weighted by Gasteiger charge is -2.27. The third-order valence-corrected chi connectivity index (χ3v) is 4.48. The molecule has 5 heteroatoms. The summed E-state index contributed by atoms with van der Waals surface area (Å²) in [4.78, 5) is 0. The highest BCUT2D eigenvalue weighted by Gasteiger charge is 2.32. The van der Waals surface area contributed by atoms with E-state index in [1.54, 1.807) is 12.1 Å². The molecule has 1 heterocycles. The molecule has 0 saturated carbocycles. The largest absolute Gasteiger partial charge is 0.493 e. The molecule has 0 radical (unpaired) electrons. The van der Waals surface area contributed by atoms with E-state index in [2.05, 4.69) is 13.0 Å². The molecule has 0 amide bonds. The second kappa shape index (κ2) is 7.83. The SMILES string of the molecule is CCCCCOc1ccccc1[C@@H]1C(C#N)=C(N)Oc2cc(N)ccc21. The zero-order valence-electron chi connectivity index (χ0n) is 14.9. The maximum Gasteiger partial charge on any atom is 0.205 e. The topological polar surface area (TPSA) is 94.3 Å². The van der Waals surface area contributed by atoms with Gasteiger partial charge in [-0.1, -0.05) is 44.0 Å². The third kappa shape index (κ3) is 3.45. The van der Waals surface area contributed by atoms with Crippen LogP contribution >= 0.6 is 0 Å². The number of hydrogen-bond acceptors (Lipinski definition) is 5. The Labute approximate surface area is 153 Å². The van der Waals surface area contributed by atoms with Gasteiger partial charge in [-0.05, 0) is 18.6 Å². The molecular weight excluding hydrogens is 326 g/mol. The zero-order chi connectivity index (χ0) is 18.5. The molecule has 134 valence electrons. The van der Waals surface area contributed by atoms with Gasteiger partial charge >= 0.3 is 0 Å². The Hall–Kier alpha value is -3.13. The Kier molecular flexibility index (Phi) is 5.33. The maximum absolute atomic E-state index is 9.68. The van der Waals surface area contributed by atoms with Crippen LogP contribution in [0, 0.1) is 11.3 Å². The van der Waals surface area contributed by atoms with Gasteiger partial charge in [0.1, 0.15) is 23.1 Å². The van der Waals surface area contributed by atoms with Crippen molar-refractivity contribution in [3.8, 4) is 17.6 Å². The molecule has 2 aromatic carbocycles. The van der Waals surface area contributed by atoms with Crippen LogP contribution < -0.4 is 20.9 Å². The fourth-order valence-corrected chi connectivity index (χ4v) is 3.18. The first-order valence-corrected chi connectivity index (χ1v) is 8.84. The number of unbranched alkanes of at least 4 members (excludes halogenated alkanes) is 2. The maximum atomic E-state index is 9.68. The van der Waals surface area contributed by atoms with E-state index < -0.39 is 0 Å². The number of para-hydroxylation sites is 1. The highest BCUT2D eigenvalue weighted by Crippen LogP contribution is 2.45. The van der Waals surface area contributed by atoms with Crippen molar-refractivity contribution in [3.05, 3.63) is 65.0 Å². The summed E-state index contributed by atoms with van der Waals surface area (Å²) < 4.78 is 11.7. The second-order valence-electron chi connectivity index (χ2n) is 6.32. The Morgan fingerprint density at radius 3 is 2.69 bits per heavy atom. The summed E-state index contributed by atoms with van der Waals surface area (Å²) in [5.74, 6) is 1.11. The van der Waals surface area contributed by atoms with Crippen molar-refractivity contribution in [2.45, 2.75) is 32.1 Å². The minimum absolute atomic E-state index is 0.108. The van der Waals surface area contributed by atoms with Gasteiger partial charge in [0, 0.05) is 22.9 Å². The first-order chi connectivity index (χ1) is 12.7. The average molecular weight is 349 g/mol. The fraction of sp³-hybridized carbons (Fsp3) is 0.286. The number of nitrogens with zero attached hydrogens (tertiary/aromatic N) is 1. The summed E-state index contributed by atoms with van der Waals surface area (Å²) in [5.41, 5.74) is 14.6. The van der Waals surface area contributed by atoms with Crippen LogP contribution in [0.25, 0.3) is 0 Å². The van der Waals surface area contributed by atoms with Crippen molar-refractivity contribution in [2.24, 2.45) is 5.73 Å². The summed E-state index contributed by atoms with van der Waals surface area (Å²) in [6.07, 6.45) is 3.25. The molecule has 0 aromatic heterocycles. The molecule has 2 aromatic rings. The number of allylic oxidation sites excluding steroid dienone is 1. The number of anilines is 1. The van der Waals surface area contributed by atoms with Crippen LogP contribution in [-0.2, 0) is 0 Å². The van der Waals surface area contributed by atoms with Crippen molar-refractivity contribution in [1.29, 1.82) is 5.26 Å². The number of ether oxygens (including phenoxy) is 2. The first kappa shape index (κ1) is 17.7. The lowest BCUT2D eigenvalue weighted by Crippen LogP contribution is -2.21. The quantitative estimate of drug-likeness (QED) is 0.606. The minimum atomic E-state index is -0.341. The number of rotatable bonds is 6. The van der Waals surface area contributed by atoms with Crippen LogP contribution in [0.2, 0.25) is 0 Å². The smallest absolute Gasteiger partial charge is 0.205 e. The predicted molar refractivity (Wildman–Crippen MR) is 102 cm³/mol. The van der Waals surface area contributed by atoms with Crippen LogP contribution in [0.1, 0.15) is 43.2 Å². The molecule has 1 aliphatic rings. The Morgan fingerprint density at radius 2 is 1.92 bits per heavy atom. The number of nitrogens with two attached hydrogens (primary N) is 2. The summed E-state index contributed by atoms with van der Waals surface area (Å²) in [6, 6.07) is 15.4. The summed E-state index contributed by atoms with van der Waals surface area (Å²) in [5, 5.41) is 9.68.